The lowest BCUT2D eigenvalue weighted by molar-refractivity contribution is -0.127. The van der Waals surface area contributed by atoms with Crippen LogP contribution in [-0.2, 0) is 4.79 Å². The quantitative estimate of drug-likeness (QED) is 0.397. The summed E-state index contributed by atoms with van der Waals surface area (Å²) in [5.74, 6) is 0.391. The number of carbonyl (C=O) groups is 3. The van der Waals surface area contributed by atoms with Crippen molar-refractivity contribution in [2.45, 2.75) is 57.6 Å². The molecule has 10 heteroatoms. The van der Waals surface area contributed by atoms with Gasteiger partial charge in [-0.05, 0) is 81.4 Å². The molecule has 2 fully saturated rings. The predicted molar refractivity (Wildman–Crippen MR) is 152 cm³/mol. The highest BCUT2D eigenvalue weighted by molar-refractivity contribution is 7.21. The van der Waals surface area contributed by atoms with E-state index >= 15 is 0 Å². The number of ether oxygens (including phenoxy) is 1. The second-order valence-electron chi connectivity index (χ2n) is 10.4. The minimum absolute atomic E-state index is 0.138. The summed E-state index contributed by atoms with van der Waals surface area (Å²) < 4.78 is 6.16. The van der Waals surface area contributed by atoms with Crippen molar-refractivity contribution in [3.05, 3.63) is 53.6 Å². The van der Waals surface area contributed by atoms with Crippen LogP contribution in [0.1, 0.15) is 53.8 Å². The van der Waals surface area contributed by atoms with Crippen molar-refractivity contribution in [1.82, 2.24) is 15.2 Å². The highest BCUT2D eigenvalue weighted by Crippen LogP contribution is 2.46. The predicted octanol–water partition coefficient (Wildman–Crippen LogP) is 5.52. The number of anilines is 3. The fourth-order valence-corrected chi connectivity index (χ4v) is 6.83. The Labute approximate surface area is 230 Å². The van der Waals surface area contributed by atoms with E-state index in [4.69, 9.17) is 4.74 Å². The second kappa shape index (κ2) is 10.3. The van der Waals surface area contributed by atoms with Gasteiger partial charge in [0, 0.05) is 25.3 Å². The van der Waals surface area contributed by atoms with Crippen molar-refractivity contribution in [3.63, 3.8) is 0 Å². The molecule has 0 bridgehead atoms. The van der Waals surface area contributed by atoms with E-state index in [2.05, 4.69) is 22.2 Å². The lowest BCUT2D eigenvalue weighted by atomic mass is 10.1. The number of nitrogens with zero attached hydrogens (tertiary/aromatic N) is 3. The monoisotopic (exact) mass is 545 g/mol. The SMILES string of the molecule is C=CC(=O)N1CCC[C@@H](NC(=O)c2sc3nccc4c3c2NC(=O)N4c2ccc(OC3CCCC3)cc2C)C1. The van der Waals surface area contributed by atoms with Gasteiger partial charge in [-0.1, -0.05) is 6.58 Å². The van der Waals surface area contributed by atoms with Crippen molar-refractivity contribution in [2.75, 3.05) is 23.3 Å². The number of hydrogen-bond acceptors (Lipinski definition) is 6. The molecule has 39 heavy (non-hydrogen) atoms. The molecule has 0 unspecified atom stereocenters. The van der Waals surface area contributed by atoms with Gasteiger partial charge < -0.3 is 20.3 Å². The molecule has 3 aromatic rings. The third-order valence-corrected chi connectivity index (χ3v) is 8.81. The van der Waals surface area contributed by atoms with Crippen LogP contribution in [0.5, 0.6) is 5.75 Å². The van der Waals surface area contributed by atoms with Crippen LogP contribution in [0.15, 0.2) is 43.1 Å². The molecule has 1 atom stereocenters. The van der Waals surface area contributed by atoms with E-state index in [0.717, 1.165) is 48.1 Å². The summed E-state index contributed by atoms with van der Waals surface area (Å²) in [4.78, 5) is 47.9. The van der Waals surface area contributed by atoms with Gasteiger partial charge >= 0.3 is 6.03 Å². The van der Waals surface area contributed by atoms with E-state index in [9.17, 15) is 14.4 Å². The molecule has 2 aliphatic heterocycles. The molecule has 2 N–H and O–H groups in total. The lowest BCUT2D eigenvalue weighted by Gasteiger charge is -2.32. The summed E-state index contributed by atoms with van der Waals surface area (Å²) in [5.41, 5.74) is 2.82. The number of likely N-dealkylation sites (tertiary alicyclic amines) is 1. The number of hydrogen-bond donors (Lipinski definition) is 2. The zero-order chi connectivity index (χ0) is 27.1. The Morgan fingerprint density at radius 2 is 2.00 bits per heavy atom. The number of piperidine rings is 1. The van der Waals surface area contributed by atoms with E-state index < -0.39 is 0 Å². The highest BCUT2D eigenvalue weighted by Gasteiger charge is 2.34. The standard InChI is InChI=1S/C29H31N5O4S/c1-3-23(35)33-14-6-7-18(16-33)31-27(36)26-25-24-22(12-13-30-28(24)39-26)34(29(37)32-25)21-11-10-20(15-17(21)2)38-19-8-4-5-9-19/h3,10-13,15,18-19H,1,4-9,14,16H2,2H3,(H,31,36)(H,32,37)/t18-/m1/s1. The Balaban J connectivity index is 1.28. The van der Waals surface area contributed by atoms with Gasteiger partial charge in [-0.3, -0.25) is 14.5 Å². The van der Waals surface area contributed by atoms with Crippen LogP contribution >= 0.6 is 11.3 Å². The smallest absolute Gasteiger partial charge is 0.331 e. The summed E-state index contributed by atoms with van der Waals surface area (Å²) in [5, 5.41) is 6.77. The van der Waals surface area contributed by atoms with Gasteiger partial charge in [0.1, 0.15) is 15.5 Å². The summed E-state index contributed by atoms with van der Waals surface area (Å²) >= 11 is 1.25. The molecule has 4 amide bonds. The molecule has 0 spiro atoms. The van der Waals surface area contributed by atoms with Crippen LogP contribution in [0.25, 0.3) is 10.2 Å². The number of urea groups is 1. The summed E-state index contributed by atoms with van der Waals surface area (Å²) in [7, 11) is 0. The number of rotatable bonds is 6. The van der Waals surface area contributed by atoms with Gasteiger partial charge in [-0.15, -0.1) is 11.3 Å². The van der Waals surface area contributed by atoms with Crippen molar-refractivity contribution >= 4 is 56.5 Å². The van der Waals surface area contributed by atoms with Gasteiger partial charge in [-0.25, -0.2) is 9.78 Å². The highest BCUT2D eigenvalue weighted by atomic mass is 32.1. The summed E-state index contributed by atoms with van der Waals surface area (Å²) in [6.45, 7) is 6.61. The Morgan fingerprint density at radius 3 is 2.77 bits per heavy atom. The number of aryl methyl sites for hydroxylation is 1. The summed E-state index contributed by atoms with van der Waals surface area (Å²) in [6, 6.07) is 7.10. The van der Waals surface area contributed by atoms with E-state index in [-0.39, 0.29) is 30.0 Å². The first kappa shape index (κ1) is 25.4. The molecule has 0 radical (unpaired) electrons. The largest absolute Gasteiger partial charge is 0.490 e. The second-order valence-corrected chi connectivity index (χ2v) is 11.4. The molecule has 1 saturated carbocycles. The molecule has 1 aliphatic carbocycles. The third-order valence-electron chi connectivity index (χ3n) is 7.71. The molecule has 1 saturated heterocycles. The molecule has 2 aromatic heterocycles. The first-order chi connectivity index (χ1) is 18.9. The molecular weight excluding hydrogens is 514 g/mol. The van der Waals surface area contributed by atoms with Crippen LogP contribution in [-0.4, -0.2) is 53.0 Å². The number of pyridine rings is 1. The maximum absolute atomic E-state index is 13.5. The molecule has 1 aromatic carbocycles. The van der Waals surface area contributed by atoms with Gasteiger partial charge in [0.25, 0.3) is 5.91 Å². The molecule has 4 heterocycles. The van der Waals surface area contributed by atoms with Crippen LogP contribution in [0.2, 0.25) is 0 Å². The van der Waals surface area contributed by atoms with E-state index in [0.29, 0.717) is 34.2 Å². The topological polar surface area (TPSA) is 104 Å². The van der Waals surface area contributed by atoms with Crippen LogP contribution < -0.4 is 20.3 Å². The number of benzene rings is 1. The normalized spacial score (nSPS) is 19.2. The lowest BCUT2D eigenvalue weighted by Crippen LogP contribution is -2.49. The average molecular weight is 546 g/mol. The van der Waals surface area contributed by atoms with Crippen molar-refractivity contribution in [1.29, 1.82) is 0 Å². The zero-order valence-electron chi connectivity index (χ0n) is 21.9. The van der Waals surface area contributed by atoms with E-state index in [1.807, 2.05) is 25.1 Å². The number of amides is 4. The van der Waals surface area contributed by atoms with Gasteiger partial charge in [-0.2, -0.15) is 0 Å². The first-order valence-corrected chi connectivity index (χ1v) is 14.3. The van der Waals surface area contributed by atoms with Crippen molar-refractivity contribution in [2.24, 2.45) is 0 Å². The van der Waals surface area contributed by atoms with Gasteiger partial charge in [0.05, 0.1) is 28.6 Å². The van der Waals surface area contributed by atoms with E-state index in [1.165, 1.54) is 30.3 Å². The minimum Gasteiger partial charge on any atom is -0.490 e. The Morgan fingerprint density at radius 1 is 1.18 bits per heavy atom. The number of nitrogens with one attached hydrogen (secondary N) is 2. The molecule has 202 valence electrons. The Kier molecular flexibility index (Phi) is 6.72. The van der Waals surface area contributed by atoms with Gasteiger partial charge in [0.2, 0.25) is 5.91 Å². The number of thiophene rings is 1. The average Bonchev–Trinajstić information content (AvgIpc) is 3.58. The third kappa shape index (κ3) is 4.73. The molecule has 3 aliphatic rings. The minimum atomic E-state index is -0.338. The zero-order valence-corrected chi connectivity index (χ0v) is 22.7. The Bertz CT molecular complexity index is 1480. The van der Waals surface area contributed by atoms with Crippen molar-refractivity contribution in [3.8, 4) is 5.75 Å². The summed E-state index contributed by atoms with van der Waals surface area (Å²) in [6.07, 6.45) is 9.34. The van der Waals surface area contributed by atoms with Crippen LogP contribution in [0.4, 0.5) is 21.9 Å². The van der Waals surface area contributed by atoms with E-state index in [1.54, 1.807) is 22.1 Å². The maximum atomic E-state index is 13.5. The maximum Gasteiger partial charge on any atom is 0.331 e. The Hall–Kier alpha value is -3.92. The fraction of sp³-hybridized carbons (Fsp3) is 0.379. The van der Waals surface area contributed by atoms with Crippen LogP contribution in [0.3, 0.4) is 0 Å². The first-order valence-electron chi connectivity index (χ1n) is 13.4. The fourth-order valence-electron chi connectivity index (χ4n) is 5.81. The molecule has 9 nitrogen and oxygen atoms in total. The number of carbonyl (C=O) groups excluding carboxylic acids is 3. The van der Waals surface area contributed by atoms with Crippen molar-refractivity contribution < 1.29 is 19.1 Å². The molecular formula is C29H31N5O4S. The number of aromatic nitrogens is 1. The van der Waals surface area contributed by atoms with Crippen LogP contribution in [0, 0.1) is 6.92 Å². The van der Waals surface area contributed by atoms with Gasteiger partial charge in [0.15, 0.2) is 0 Å². The molecule has 6 rings (SSSR count).